The first kappa shape index (κ1) is 10.4. The van der Waals surface area contributed by atoms with Gasteiger partial charge in [0, 0.05) is 7.05 Å². The Morgan fingerprint density at radius 3 is 2.69 bits per heavy atom. The van der Waals surface area contributed by atoms with Crippen LogP contribution in [0.25, 0.3) is 0 Å². The molecule has 13 heavy (non-hydrogen) atoms. The van der Waals surface area contributed by atoms with Crippen LogP contribution < -0.4 is 5.06 Å². The molecule has 0 aromatic heterocycles. The highest BCUT2D eigenvalue weighted by Gasteiger charge is 2.17. The minimum Gasteiger partial charge on any atom is -0.243 e. The minimum absolute atomic E-state index is 1.16. The molecule has 0 fully saturated rings. The number of nitrogens with zero attached hydrogens (tertiary/aromatic N) is 1. The molecule has 0 N–H and O–H groups in total. The maximum Gasteiger partial charge on any atom is 0.0807 e. The summed E-state index contributed by atoms with van der Waals surface area (Å²) in [7, 11) is 1.91. The first-order chi connectivity index (χ1) is 6.27. The van der Waals surface area contributed by atoms with Crippen LogP contribution in [-0.4, -0.2) is 7.05 Å². The molecule has 0 saturated carbocycles. The Labute approximate surface area is 84.1 Å². The van der Waals surface area contributed by atoms with Crippen molar-refractivity contribution in [3.63, 3.8) is 0 Å². The van der Waals surface area contributed by atoms with Gasteiger partial charge in [-0.05, 0) is 24.6 Å². The van der Waals surface area contributed by atoms with E-state index in [0.29, 0.717) is 0 Å². The van der Waals surface area contributed by atoms with Crippen LogP contribution in [0.2, 0.25) is 0 Å². The number of anilines is 1. The Kier molecular flexibility index (Phi) is 3.63. The molecule has 2 rings (SSSR count). The van der Waals surface area contributed by atoms with Crippen LogP contribution in [0, 0.1) is 6.92 Å². The third-order valence-electron chi connectivity index (χ3n) is 1.69. The summed E-state index contributed by atoms with van der Waals surface area (Å²) in [6, 6.07) is 6.29. The molecule has 0 saturated heterocycles. The Morgan fingerprint density at radius 2 is 2.00 bits per heavy atom. The van der Waals surface area contributed by atoms with Gasteiger partial charge in [0.15, 0.2) is 0 Å². The molecule has 2 nitrogen and oxygen atoms in total. The SMILES string of the molecule is CC.Cc1ccc2c(c1)N(C)OS2. The van der Waals surface area contributed by atoms with Gasteiger partial charge in [-0.2, -0.15) is 4.28 Å². The lowest BCUT2D eigenvalue weighted by Crippen LogP contribution is -2.08. The van der Waals surface area contributed by atoms with Crippen molar-refractivity contribution < 1.29 is 4.28 Å². The minimum atomic E-state index is 1.16. The third kappa shape index (κ3) is 2.17. The summed E-state index contributed by atoms with van der Waals surface area (Å²) in [5, 5.41) is 1.78. The van der Waals surface area contributed by atoms with Crippen molar-refractivity contribution in [2.24, 2.45) is 0 Å². The summed E-state index contributed by atoms with van der Waals surface area (Å²) in [4.78, 5) is 1.19. The summed E-state index contributed by atoms with van der Waals surface area (Å²) in [5.41, 5.74) is 2.43. The molecule has 1 heterocycles. The molecule has 0 radical (unpaired) electrons. The normalized spacial score (nSPS) is 13.4. The van der Waals surface area contributed by atoms with Gasteiger partial charge >= 0.3 is 0 Å². The van der Waals surface area contributed by atoms with E-state index in [9.17, 15) is 0 Å². The van der Waals surface area contributed by atoms with Gasteiger partial charge in [-0.3, -0.25) is 0 Å². The van der Waals surface area contributed by atoms with Crippen LogP contribution in [0.4, 0.5) is 5.69 Å². The zero-order chi connectivity index (χ0) is 9.84. The van der Waals surface area contributed by atoms with Gasteiger partial charge in [0.1, 0.15) is 0 Å². The Morgan fingerprint density at radius 1 is 1.31 bits per heavy atom. The van der Waals surface area contributed by atoms with E-state index in [1.54, 1.807) is 5.06 Å². The zero-order valence-corrected chi connectivity index (χ0v) is 9.31. The molecular formula is C10H15NOS. The van der Waals surface area contributed by atoms with Gasteiger partial charge in [0.2, 0.25) is 0 Å². The van der Waals surface area contributed by atoms with Crippen molar-refractivity contribution in [3.8, 4) is 0 Å². The number of rotatable bonds is 0. The van der Waals surface area contributed by atoms with Crippen LogP contribution in [0.1, 0.15) is 19.4 Å². The highest BCUT2D eigenvalue weighted by atomic mass is 32.2. The molecule has 0 spiro atoms. The van der Waals surface area contributed by atoms with E-state index in [1.807, 2.05) is 20.9 Å². The van der Waals surface area contributed by atoms with Gasteiger partial charge in [-0.15, -0.1) is 0 Å². The number of benzene rings is 1. The standard InChI is InChI=1S/C8H9NOS.C2H6/c1-6-3-4-8-7(5-6)9(2)10-11-8;1-2/h3-5H,1-2H3;1-2H3. The molecule has 1 aromatic rings. The Hall–Kier alpha value is -0.670. The molecule has 0 bridgehead atoms. The fourth-order valence-electron chi connectivity index (χ4n) is 1.08. The Bertz CT molecular complexity index is 288. The summed E-state index contributed by atoms with van der Waals surface area (Å²) >= 11 is 1.41. The largest absolute Gasteiger partial charge is 0.243 e. The first-order valence-corrected chi connectivity index (χ1v) is 5.20. The zero-order valence-electron chi connectivity index (χ0n) is 8.50. The molecular weight excluding hydrogens is 182 g/mol. The van der Waals surface area contributed by atoms with Crippen molar-refractivity contribution in [1.82, 2.24) is 0 Å². The number of hydrogen-bond donors (Lipinski definition) is 0. The summed E-state index contributed by atoms with van der Waals surface area (Å²) < 4.78 is 5.23. The van der Waals surface area contributed by atoms with Gasteiger partial charge in [0.05, 0.1) is 22.6 Å². The number of hydroxylamine groups is 1. The Balaban J connectivity index is 0.000000396. The van der Waals surface area contributed by atoms with Crippen LogP contribution >= 0.6 is 12.0 Å². The molecule has 0 amide bonds. The average Bonchev–Trinajstić information content (AvgIpc) is 2.52. The highest BCUT2D eigenvalue weighted by molar-refractivity contribution is 7.95. The quantitative estimate of drug-likeness (QED) is 0.591. The summed E-state index contributed by atoms with van der Waals surface area (Å²) in [5.74, 6) is 0. The molecule has 0 atom stereocenters. The van der Waals surface area contributed by atoms with E-state index in [1.165, 1.54) is 22.5 Å². The van der Waals surface area contributed by atoms with Crippen molar-refractivity contribution in [1.29, 1.82) is 0 Å². The van der Waals surface area contributed by atoms with Crippen LogP contribution in [0.3, 0.4) is 0 Å². The van der Waals surface area contributed by atoms with Crippen molar-refractivity contribution in [3.05, 3.63) is 23.8 Å². The van der Waals surface area contributed by atoms with Crippen LogP contribution in [0.15, 0.2) is 23.1 Å². The van der Waals surface area contributed by atoms with E-state index in [0.717, 1.165) is 5.69 Å². The van der Waals surface area contributed by atoms with E-state index < -0.39 is 0 Å². The van der Waals surface area contributed by atoms with Crippen molar-refractivity contribution in [2.75, 3.05) is 12.1 Å². The van der Waals surface area contributed by atoms with E-state index in [4.69, 9.17) is 4.28 Å². The smallest absolute Gasteiger partial charge is 0.0807 e. The molecule has 1 aromatic carbocycles. The molecule has 1 aliphatic rings. The lowest BCUT2D eigenvalue weighted by molar-refractivity contribution is 0.372. The third-order valence-corrected chi connectivity index (χ3v) is 2.52. The summed E-state index contributed by atoms with van der Waals surface area (Å²) in [6.45, 7) is 6.08. The maximum atomic E-state index is 5.23. The number of aryl methyl sites for hydroxylation is 1. The van der Waals surface area contributed by atoms with Crippen LogP contribution in [-0.2, 0) is 4.28 Å². The van der Waals surface area contributed by atoms with Gasteiger partial charge in [-0.1, -0.05) is 19.9 Å². The first-order valence-electron chi connectivity index (χ1n) is 4.46. The second-order valence-electron chi connectivity index (χ2n) is 2.63. The predicted octanol–water partition coefficient (Wildman–Crippen LogP) is 3.41. The monoisotopic (exact) mass is 197 g/mol. The van der Waals surface area contributed by atoms with E-state index in [2.05, 4.69) is 25.1 Å². The van der Waals surface area contributed by atoms with Crippen molar-refractivity contribution >= 4 is 17.7 Å². The predicted molar refractivity (Wildman–Crippen MR) is 57.9 cm³/mol. The lowest BCUT2D eigenvalue weighted by atomic mass is 10.2. The van der Waals surface area contributed by atoms with Gasteiger partial charge < -0.3 is 0 Å². The summed E-state index contributed by atoms with van der Waals surface area (Å²) in [6.07, 6.45) is 0. The number of hydrogen-bond acceptors (Lipinski definition) is 3. The topological polar surface area (TPSA) is 12.5 Å². The molecule has 0 unspecified atom stereocenters. The lowest BCUT2D eigenvalue weighted by Gasteiger charge is -2.07. The average molecular weight is 197 g/mol. The highest BCUT2D eigenvalue weighted by Crippen LogP contribution is 2.38. The fraction of sp³-hybridized carbons (Fsp3) is 0.400. The van der Waals surface area contributed by atoms with Crippen LogP contribution in [0.5, 0.6) is 0 Å². The van der Waals surface area contributed by atoms with Crippen molar-refractivity contribution in [2.45, 2.75) is 25.7 Å². The second-order valence-corrected chi connectivity index (χ2v) is 3.38. The number of fused-ring (bicyclic) bond motifs is 1. The van der Waals surface area contributed by atoms with Gasteiger partial charge in [0.25, 0.3) is 0 Å². The van der Waals surface area contributed by atoms with Gasteiger partial charge in [-0.25, -0.2) is 5.06 Å². The molecule has 0 aliphatic carbocycles. The second kappa shape index (κ2) is 4.53. The molecule has 3 heteroatoms. The van der Waals surface area contributed by atoms with E-state index >= 15 is 0 Å². The molecule has 1 aliphatic heterocycles. The molecule has 72 valence electrons. The fourth-order valence-corrected chi connectivity index (χ4v) is 1.75. The van der Waals surface area contributed by atoms with E-state index in [-0.39, 0.29) is 0 Å². The maximum absolute atomic E-state index is 5.23.